The summed E-state index contributed by atoms with van der Waals surface area (Å²) >= 11 is 0. The molecule has 0 aliphatic heterocycles. The van der Waals surface area contributed by atoms with Gasteiger partial charge >= 0.3 is 0 Å². The number of halogens is 1. The average Bonchev–Trinajstić information content (AvgIpc) is 2.70. The monoisotopic (exact) mass is 416 g/mol. The third-order valence-electron chi connectivity index (χ3n) is 4.54. The highest BCUT2D eigenvalue weighted by Gasteiger charge is 2.19. The van der Waals surface area contributed by atoms with E-state index >= 15 is 0 Å². The van der Waals surface area contributed by atoms with Crippen LogP contribution in [0.3, 0.4) is 0 Å². The molecule has 0 saturated heterocycles. The molecule has 0 bridgehead atoms. The first-order valence-electron chi connectivity index (χ1n) is 8.89. The lowest BCUT2D eigenvalue weighted by molar-refractivity contribution is 0.295. The van der Waals surface area contributed by atoms with Crippen LogP contribution in [0.25, 0.3) is 0 Å². The number of pyridine rings is 1. The number of nitrogens with zero attached hydrogens (tertiary/aromatic N) is 1. The van der Waals surface area contributed by atoms with Crippen molar-refractivity contribution in [3.63, 3.8) is 0 Å². The van der Waals surface area contributed by atoms with Gasteiger partial charge in [-0.25, -0.2) is 17.5 Å². The molecule has 3 aromatic rings. The summed E-state index contributed by atoms with van der Waals surface area (Å²) in [6, 6.07) is 15.3. The zero-order valence-electron chi connectivity index (χ0n) is 16.1. The number of aryl methyl sites for hydroxylation is 1. The first kappa shape index (κ1) is 20.8. The number of hydrogen-bond acceptors (Lipinski definition) is 4. The van der Waals surface area contributed by atoms with Crippen LogP contribution in [-0.4, -0.2) is 13.0 Å². The predicted molar refractivity (Wildman–Crippen MR) is 108 cm³/mol. The van der Waals surface area contributed by atoms with Crippen LogP contribution in [0.4, 0.5) is 4.39 Å². The van der Waals surface area contributed by atoms with E-state index in [0.29, 0.717) is 11.4 Å². The second kappa shape index (κ2) is 8.59. The summed E-state index contributed by atoms with van der Waals surface area (Å²) in [5.41, 5.74) is 1.62. The average molecular weight is 416 g/mol. The van der Waals surface area contributed by atoms with Gasteiger partial charge in [-0.05, 0) is 36.8 Å². The van der Waals surface area contributed by atoms with E-state index in [-0.39, 0.29) is 29.2 Å². The maximum Gasteiger partial charge on any atom is 0.240 e. The molecular formula is C21H21FN2O4S. The Labute approximate surface area is 168 Å². The largest absolute Gasteiger partial charge is 0.483 e. The summed E-state index contributed by atoms with van der Waals surface area (Å²) in [7, 11) is -2.16. The van der Waals surface area contributed by atoms with Gasteiger partial charge in [0.2, 0.25) is 15.5 Å². The molecule has 0 saturated carbocycles. The van der Waals surface area contributed by atoms with Crippen LogP contribution in [0.5, 0.6) is 5.75 Å². The second-order valence-electron chi connectivity index (χ2n) is 6.54. The number of hydrogen-bond donors (Lipinski definition) is 1. The highest BCUT2D eigenvalue weighted by molar-refractivity contribution is 7.89. The molecule has 1 aromatic heterocycles. The third-order valence-corrected chi connectivity index (χ3v) is 5.96. The van der Waals surface area contributed by atoms with Crippen molar-refractivity contribution in [2.24, 2.45) is 7.05 Å². The van der Waals surface area contributed by atoms with Crippen molar-refractivity contribution < 1.29 is 17.5 Å². The van der Waals surface area contributed by atoms with E-state index in [1.807, 2.05) is 30.3 Å². The van der Waals surface area contributed by atoms with Gasteiger partial charge in [0.15, 0.2) is 5.75 Å². The minimum absolute atomic E-state index is 0.0664. The van der Waals surface area contributed by atoms with Gasteiger partial charge in [0.1, 0.15) is 12.4 Å². The summed E-state index contributed by atoms with van der Waals surface area (Å²) < 4.78 is 48.0. The highest BCUT2D eigenvalue weighted by Crippen LogP contribution is 2.18. The second-order valence-corrected chi connectivity index (χ2v) is 8.30. The van der Waals surface area contributed by atoms with Crippen molar-refractivity contribution >= 4 is 10.0 Å². The lowest BCUT2D eigenvalue weighted by atomic mass is 10.2. The lowest BCUT2D eigenvalue weighted by Gasteiger charge is -2.18. The number of rotatable bonds is 7. The van der Waals surface area contributed by atoms with Gasteiger partial charge in [-0.15, -0.1) is 0 Å². The Morgan fingerprint density at radius 3 is 2.38 bits per heavy atom. The molecule has 0 fully saturated rings. The Morgan fingerprint density at radius 2 is 1.72 bits per heavy atom. The van der Waals surface area contributed by atoms with Crippen LogP contribution in [0.1, 0.15) is 17.0 Å². The zero-order chi connectivity index (χ0) is 21.0. The topological polar surface area (TPSA) is 77.4 Å². The van der Waals surface area contributed by atoms with Crippen LogP contribution >= 0.6 is 0 Å². The van der Waals surface area contributed by atoms with E-state index in [2.05, 4.69) is 4.72 Å². The molecule has 8 heteroatoms. The third kappa shape index (κ3) is 4.90. The molecule has 0 aliphatic carbocycles. The van der Waals surface area contributed by atoms with Gasteiger partial charge in [0.25, 0.3) is 0 Å². The van der Waals surface area contributed by atoms with E-state index in [4.69, 9.17) is 4.74 Å². The first-order chi connectivity index (χ1) is 13.8. The Hall–Kier alpha value is -2.97. The Kier molecular flexibility index (Phi) is 6.14. The SMILES string of the molecule is Cc1cc(=O)c(OCc2ccccc2)c(CNS(=O)(=O)c2ccc(F)cc2)n1C. The normalized spacial score (nSPS) is 11.4. The Bertz CT molecular complexity index is 1160. The summed E-state index contributed by atoms with van der Waals surface area (Å²) in [6.45, 7) is 1.77. The van der Waals surface area contributed by atoms with Crippen LogP contribution in [0.2, 0.25) is 0 Å². The molecule has 0 aliphatic rings. The van der Waals surface area contributed by atoms with Crippen LogP contribution in [0.15, 0.2) is 70.4 Å². The molecular weight excluding hydrogens is 395 g/mol. The number of benzene rings is 2. The molecule has 0 amide bonds. The fraction of sp³-hybridized carbons (Fsp3) is 0.190. The van der Waals surface area contributed by atoms with E-state index in [1.54, 1.807) is 18.5 Å². The van der Waals surface area contributed by atoms with Crippen LogP contribution in [-0.2, 0) is 30.2 Å². The molecule has 2 aromatic carbocycles. The molecule has 0 atom stereocenters. The fourth-order valence-corrected chi connectivity index (χ4v) is 3.79. The van der Waals surface area contributed by atoms with E-state index in [1.165, 1.54) is 18.2 Å². The van der Waals surface area contributed by atoms with Crippen molar-refractivity contribution in [3.8, 4) is 5.75 Å². The molecule has 152 valence electrons. The van der Waals surface area contributed by atoms with Gasteiger partial charge in [-0.3, -0.25) is 4.79 Å². The summed E-state index contributed by atoms with van der Waals surface area (Å²) in [4.78, 5) is 12.4. The summed E-state index contributed by atoms with van der Waals surface area (Å²) in [5.74, 6) is -0.439. The van der Waals surface area contributed by atoms with Crippen molar-refractivity contribution in [2.75, 3.05) is 0 Å². The van der Waals surface area contributed by atoms with Crippen molar-refractivity contribution in [3.05, 3.63) is 93.7 Å². The Morgan fingerprint density at radius 1 is 1.07 bits per heavy atom. The maximum absolute atomic E-state index is 13.1. The van der Waals surface area contributed by atoms with Crippen molar-refractivity contribution in [2.45, 2.75) is 25.0 Å². The van der Waals surface area contributed by atoms with Crippen molar-refractivity contribution in [1.29, 1.82) is 0 Å². The maximum atomic E-state index is 13.1. The number of aromatic nitrogens is 1. The molecule has 0 unspecified atom stereocenters. The molecule has 3 rings (SSSR count). The summed E-state index contributed by atoms with van der Waals surface area (Å²) in [6.07, 6.45) is 0. The van der Waals surface area contributed by atoms with E-state index in [0.717, 1.165) is 17.7 Å². The van der Waals surface area contributed by atoms with E-state index in [9.17, 15) is 17.6 Å². The zero-order valence-corrected chi connectivity index (χ0v) is 16.9. The molecule has 6 nitrogen and oxygen atoms in total. The van der Waals surface area contributed by atoms with Gasteiger partial charge < -0.3 is 9.30 Å². The fourth-order valence-electron chi connectivity index (χ4n) is 2.80. The van der Waals surface area contributed by atoms with Gasteiger partial charge in [-0.2, -0.15) is 0 Å². The molecule has 1 heterocycles. The van der Waals surface area contributed by atoms with Gasteiger partial charge in [0.05, 0.1) is 17.1 Å². The van der Waals surface area contributed by atoms with Gasteiger partial charge in [-0.1, -0.05) is 30.3 Å². The molecule has 0 radical (unpaired) electrons. The number of nitrogens with one attached hydrogen (secondary N) is 1. The minimum atomic E-state index is -3.89. The standard InChI is InChI=1S/C21H21FN2O4S/c1-15-12-20(25)21(28-14-16-6-4-3-5-7-16)19(24(15)2)13-23-29(26,27)18-10-8-17(22)9-11-18/h3-12,23H,13-14H2,1-2H3. The molecule has 0 spiro atoms. The summed E-state index contributed by atoms with van der Waals surface area (Å²) in [5, 5.41) is 0. The number of ether oxygens (including phenoxy) is 1. The predicted octanol–water partition coefficient (Wildman–Crippen LogP) is 2.89. The van der Waals surface area contributed by atoms with Crippen molar-refractivity contribution in [1.82, 2.24) is 9.29 Å². The van der Waals surface area contributed by atoms with E-state index < -0.39 is 15.8 Å². The van der Waals surface area contributed by atoms with Gasteiger partial charge in [0, 0.05) is 18.8 Å². The Balaban J connectivity index is 1.87. The minimum Gasteiger partial charge on any atom is -0.483 e. The molecule has 1 N–H and O–H groups in total. The number of sulfonamides is 1. The lowest BCUT2D eigenvalue weighted by Crippen LogP contribution is -2.27. The van der Waals surface area contributed by atoms with Crippen LogP contribution in [0, 0.1) is 12.7 Å². The molecule has 29 heavy (non-hydrogen) atoms. The first-order valence-corrected chi connectivity index (χ1v) is 10.4. The quantitative estimate of drug-likeness (QED) is 0.643. The smallest absolute Gasteiger partial charge is 0.240 e. The highest BCUT2D eigenvalue weighted by atomic mass is 32.2. The van der Waals surface area contributed by atoms with Crippen LogP contribution < -0.4 is 14.9 Å².